The number of aromatic nitrogens is 1. The van der Waals surface area contributed by atoms with E-state index in [1.54, 1.807) is 6.92 Å². The maximum atomic E-state index is 12.4. The summed E-state index contributed by atoms with van der Waals surface area (Å²) in [7, 11) is 1.00. The minimum absolute atomic E-state index is 0.0351. The number of hydrogen-bond acceptors (Lipinski definition) is 7. The lowest BCUT2D eigenvalue weighted by Gasteiger charge is -2.35. The van der Waals surface area contributed by atoms with Crippen molar-refractivity contribution in [2.24, 2.45) is 0 Å². The summed E-state index contributed by atoms with van der Waals surface area (Å²) in [5.74, 6) is 0.314. The van der Waals surface area contributed by atoms with Gasteiger partial charge < -0.3 is 34.6 Å². The van der Waals surface area contributed by atoms with Crippen LogP contribution in [0.4, 0.5) is 5.69 Å². The fraction of sp³-hybridized carbons (Fsp3) is 0.281. The van der Waals surface area contributed by atoms with Gasteiger partial charge in [0.2, 0.25) is 0 Å². The van der Waals surface area contributed by atoms with Crippen LogP contribution in [0.15, 0.2) is 83.3 Å². The summed E-state index contributed by atoms with van der Waals surface area (Å²) >= 11 is 3.58. The number of benzene rings is 3. The number of ether oxygens (including phenoxy) is 1. The quantitative estimate of drug-likeness (QED) is 0.237. The Hall–Kier alpha value is -3.63. The number of nitrogens with one attached hydrogen (secondary N) is 2. The van der Waals surface area contributed by atoms with Gasteiger partial charge in [-0.1, -0.05) is 76.6 Å². The SMILES string of the molecule is C=O.C=O.CC(=O)c1[nH]c2ccc(Br)cc2c1N1CCOC(CNCC(c2ccccc2)c2ccccc2)C1.CO. The number of aliphatic hydroxyl groups excluding tert-OH is 1. The van der Waals surface area contributed by atoms with E-state index in [4.69, 9.17) is 19.4 Å². The van der Waals surface area contributed by atoms with Crippen molar-refractivity contribution in [3.05, 3.63) is 100 Å². The number of anilines is 1. The Balaban J connectivity index is 0.000000921. The van der Waals surface area contributed by atoms with Gasteiger partial charge in [0.15, 0.2) is 5.78 Å². The molecule has 8 nitrogen and oxygen atoms in total. The van der Waals surface area contributed by atoms with E-state index in [-0.39, 0.29) is 17.8 Å². The molecule has 0 spiro atoms. The lowest BCUT2D eigenvalue weighted by Crippen LogP contribution is -2.47. The number of H-pyrrole nitrogens is 1. The van der Waals surface area contributed by atoms with Crippen LogP contribution < -0.4 is 10.2 Å². The van der Waals surface area contributed by atoms with E-state index in [1.807, 2.05) is 25.7 Å². The molecule has 4 aromatic rings. The van der Waals surface area contributed by atoms with Crippen LogP contribution in [0, 0.1) is 0 Å². The van der Waals surface area contributed by atoms with E-state index in [9.17, 15) is 4.79 Å². The molecule has 0 bridgehead atoms. The van der Waals surface area contributed by atoms with Crippen molar-refractivity contribution in [3.63, 3.8) is 0 Å². The summed E-state index contributed by atoms with van der Waals surface area (Å²) in [6, 6.07) is 27.4. The van der Waals surface area contributed by atoms with Crippen LogP contribution in [0.2, 0.25) is 0 Å². The first-order valence-corrected chi connectivity index (χ1v) is 13.9. The van der Waals surface area contributed by atoms with Crippen molar-refractivity contribution in [2.45, 2.75) is 18.9 Å². The number of carbonyl (C=O) groups is 3. The summed E-state index contributed by atoms with van der Waals surface area (Å²) in [5.41, 5.74) is 5.22. The van der Waals surface area contributed by atoms with Crippen LogP contribution >= 0.6 is 15.9 Å². The highest BCUT2D eigenvalue weighted by atomic mass is 79.9. The number of nitrogens with zero attached hydrogens (tertiary/aromatic N) is 1. The number of rotatable bonds is 8. The van der Waals surface area contributed by atoms with Crippen molar-refractivity contribution < 1.29 is 24.2 Å². The topological polar surface area (TPSA) is 112 Å². The Labute approximate surface area is 249 Å². The van der Waals surface area contributed by atoms with Gasteiger partial charge in [0.1, 0.15) is 19.3 Å². The van der Waals surface area contributed by atoms with Crippen LogP contribution in [0.3, 0.4) is 0 Å². The normalized spacial score (nSPS) is 14.2. The second-order valence-electron chi connectivity index (χ2n) is 9.07. The van der Waals surface area contributed by atoms with E-state index < -0.39 is 0 Å². The Morgan fingerprint density at radius 3 is 2.17 bits per heavy atom. The first-order valence-electron chi connectivity index (χ1n) is 13.1. The van der Waals surface area contributed by atoms with Crippen LogP contribution in [0.5, 0.6) is 0 Å². The number of Topliss-reactive ketones (excluding diaryl/α,β-unsaturated/α-hetero) is 1. The molecule has 218 valence electrons. The van der Waals surface area contributed by atoms with E-state index in [0.29, 0.717) is 12.3 Å². The molecule has 41 heavy (non-hydrogen) atoms. The number of halogens is 1. The highest BCUT2D eigenvalue weighted by Crippen LogP contribution is 2.34. The number of carbonyl (C=O) groups excluding carboxylic acids is 3. The van der Waals surface area contributed by atoms with Gasteiger partial charge >= 0.3 is 0 Å². The molecule has 2 heterocycles. The largest absolute Gasteiger partial charge is 0.400 e. The number of fused-ring (bicyclic) bond motifs is 1. The van der Waals surface area contributed by atoms with E-state index in [1.165, 1.54) is 11.1 Å². The molecule has 1 saturated heterocycles. The summed E-state index contributed by atoms with van der Waals surface area (Å²) in [6.07, 6.45) is 0.0351. The third kappa shape index (κ3) is 8.93. The first-order chi connectivity index (χ1) is 20.1. The van der Waals surface area contributed by atoms with Gasteiger partial charge in [-0.25, -0.2) is 0 Å². The zero-order valence-corrected chi connectivity index (χ0v) is 25.1. The van der Waals surface area contributed by atoms with Gasteiger partial charge in [-0.15, -0.1) is 0 Å². The molecule has 3 aromatic carbocycles. The maximum Gasteiger partial charge on any atom is 0.178 e. The molecule has 5 rings (SSSR count). The van der Waals surface area contributed by atoms with Gasteiger partial charge in [0, 0.05) is 61.5 Å². The average Bonchev–Trinajstić information content (AvgIpc) is 3.42. The molecule has 1 aliphatic heterocycles. The second-order valence-corrected chi connectivity index (χ2v) is 9.98. The smallest absolute Gasteiger partial charge is 0.178 e. The molecule has 1 aromatic heterocycles. The number of morpholine rings is 1. The fourth-order valence-electron chi connectivity index (χ4n) is 4.97. The summed E-state index contributed by atoms with van der Waals surface area (Å²) in [5, 5.41) is 11.7. The Morgan fingerprint density at radius 2 is 1.61 bits per heavy atom. The van der Waals surface area contributed by atoms with Gasteiger partial charge in [-0.3, -0.25) is 4.79 Å². The van der Waals surface area contributed by atoms with Crippen LogP contribution in [0.1, 0.15) is 34.5 Å². The monoisotopic (exact) mass is 623 g/mol. The van der Waals surface area contributed by atoms with Crippen LogP contribution in [-0.4, -0.2) is 75.5 Å². The minimum atomic E-state index is 0.0351. The molecule has 1 aliphatic rings. The molecule has 0 radical (unpaired) electrons. The highest BCUT2D eigenvalue weighted by molar-refractivity contribution is 9.10. The molecular weight excluding hydrogens is 586 g/mol. The van der Waals surface area contributed by atoms with Crippen molar-refractivity contribution in [3.8, 4) is 0 Å². The van der Waals surface area contributed by atoms with E-state index in [0.717, 1.165) is 54.4 Å². The Morgan fingerprint density at radius 1 is 1.02 bits per heavy atom. The zero-order valence-electron chi connectivity index (χ0n) is 23.5. The van der Waals surface area contributed by atoms with Crippen molar-refractivity contribution in [1.82, 2.24) is 10.3 Å². The standard InChI is InChI=1S/C29H30BrN3O2.CH4O.2CH2O/c1-20(34)28-29(25-16-23(30)12-13-27(25)32-28)33-14-15-35-24(19-33)17-31-18-26(21-8-4-2-5-9-21)22-10-6-3-7-11-22;3*1-2/h2-13,16,24,26,31-32H,14-15,17-19H2,1H3;2H,1H3;2*1H2. The molecule has 0 amide bonds. The number of aliphatic hydroxyl groups is 1. The molecule has 0 saturated carbocycles. The predicted octanol–water partition coefficient (Wildman–Crippen LogP) is 5.00. The second kappa shape index (κ2) is 17.9. The molecular formula is C32H38BrN3O5. The molecule has 9 heteroatoms. The summed E-state index contributed by atoms with van der Waals surface area (Å²) < 4.78 is 7.13. The van der Waals surface area contributed by atoms with Crippen LogP contribution in [0.25, 0.3) is 10.9 Å². The number of ketones is 1. The first kappa shape index (κ1) is 33.6. The van der Waals surface area contributed by atoms with Crippen LogP contribution in [-0.2, 0) is 14.3 Å². The molecule has 1 fully saturated rings. The number of aromatic amines is 1. The lowest BCUT2D eigenvalue weighted by molar-refractivity contribution is -0.0987. The fourth-order valence-corrected chi connectivity index (χ4v) is 5.33. The van der Waals surface area contributed by atoms with Gasteiger partial charge in [-0.2, -0.15) is 0 Å². The third-order valence-electron chi connectivity index (χ3n) is 6.66. The maximum absolute atomic E-state index is 12.4. The zero-order chi connectivity index (χ0) is 30.2. The molecule has 1 unspecified atom stereocenters. The highest BCUT2D eigenvalue weighted by Gasteiger charge is 2.27. The number of hydrogen-bond donors (Lipinski definition) is 3. The van der Waals surface area contributed by atoms with Gasteiger partial charge in [0.05, 0.1) is 18.4 Å². The van der Waals surface area contributed by atoms with Crippen molar-refractivity contribution in [1.29, 1.82) is 0 Å². The van der Waals surface area contributed by atoms with E-state index >= 15 is 0 Å². The molecule has 3 N–H and O–H groups in total. The minimum Gasteiger partial charge on any atom is -0.400 e. The lowest BCUT2D eigenvalue weighted by atomic mass is 9.91. The third-order valence-corrected chi connectivity index (χ3v) is 7.16. The van der Waals surface area contributed by atoms with Crippen molar-refractivity contribution >= 4 is 51.9 Å². The van der Waals surface area contributed by atoms with Gasteiger partial charge in [-0.05, 0) is 29.3 Å². The molecule has 1 atom stereocenters. The average molecular weight is 625 g/mol. The van der Waals surface area contributed by atoms with E-state index in [2.05, 4.69) is 97.9 Å². The van der Waals surface area contributed by atoms with Crippen molar-refractivity contribution in [2.75, 3.05) is 44.8 Å². The molecule has 0 aliphatic carbocycles. The Bertz CT molecular complexity index is 1290. The summed E-state index contributed by atoms with van der Waals surface area (Å²) in [4.78, 5) is 34.1. The van der Waals surface area contributed by atoms with Gasteiger partial charge in [0.25, 0.3) is 0 Å². The predicted molar refractivity (Wildman–Crippen MR) is 168 cm³/mol. The summed E-state index contributed by atoms with van der Waals surface area (Å²) in [6.45, 7) is 9.31. The Kier molecular flexibility index (Phi) is 14.7.